The molecule has 0 amide bonds. The zero-order valence-electron chi connectivity index (χ0n) is 11.8. The van der Waals surface area contributed by atoms with Gasteiger partial charge in [-0.2, -0.15) is 0 Å². The highest BCUT2D eigenvalue weighted by Crippen LogP contribution is 2.21. The van der Waals surface area contributed by atoms with Gasteiger partial charge in [0.15, 0.2) is 0 Å². The first-order valence-electron chi connectivity index (χ1n) is 6.48. The van der Waals surface area contributed by atoms with E-state index in [1.165, 1.54) is 0 Å². The normalized spacial score (nSPS) is 10.2. The molecule has 2 rings (SSSR count). The van der Waals surface area contributed by atoms with Crippen molar-refractivity contribution in [2.45, 2.75) is 13.2 Å². The molecule has 0 unspecified atom stereocenters. The van der Waals surface area contributed by atoms with Gasteiger partial charge in [0, 0.05) is 0 Å². The lowest BCUT2D eigenvalue weighted by Crippen LogP contribution is -2.12. The van der Waals surface area contributed by atoms with Crippen molar-refractivity contribution in [3.63, 3.8) is 0 Å². The Morgan fingerprint density at radius 1 is 1.14 bits per heavy atom. The topological polar surface area (TPSA) is 88.6 Å². The number of nitrogens with one attached hydrogen (secondary N) is 1. The van der Waals surface area contributed by atoms with Crippen LogP contribution in [0.1, 0.15) is 16.7 Å². The molecule has 0 aliphatic carbocycles. The van der Waals surface area contributed by atoms with Crippen molar-refractivity contribution in [3.8, 4) is 11.5 Å². The van der Waals surface area contributed by atoms with Gasteiger partial charge in [-0.3, -0.25) is 5.41 Å². The van der Waals surface area contributed by atoms with E-state index in [9.17, 15) is 0 Å². The first-order chi connectivity index (χ1) is 10.1. The molecule has 4 N–H and O–H groups in total. The molecule has 0 radical (unpaired) electrons. The van der Waals surface area contributed by atoms with Gasteiger partial charge in [-0.25, -0.2) is 0 Å². The van der Waals surface area contributed by atoms with Crippen LogP contribution >= 0.6 is 0 Å². The van der Waals surface area contributed by atoms with Crippen molar-refractivity contribution < 1.29 is 14.6 Å². The zero-order chi connectivity index (χ0) is 15.2. The second kappa shape index (κ2) is 6.76. The third kappa shape index (κ3) is 3.73. The molecule has 0 saturated carbocycles. The monoisotopic (exact) mass is 286 g/mol. The summed E-state index contributed by atoms with van der Waals surface area (Å²) in [6, 6.07) is 12.7. The number of rotatable bonds is 6. The fraction of sp³-hybridized carbons (Fsp3) is 0.188. The lowest BCUT2D eigenvalue weighted by Gasteiger charge is -2.11. The summed E-state index contributed by atoms with van der Waals surface area (Å²) in [6.45, 7) is 0.400. The third-order valence-electron chi connectivity index (χ3n) is 3.07. The van der Waals surface area contributed by atoms with Crippen LogP contribution in [0, 0.1) is 5.41 Å². The number of aliphatic hydroxyl groups excluding tert-OH is 1. The molecule has 110 valence electrons. The fourth-order valence-corrected chi connectivity index (χ4v) is 1.91. The first-order valence-corrected chi connectivity index (χ1v) is 6.48. The second-order valence-electron chi connectivity index (χ2n) is 4.54. The number of nitrogen functional groups attached to an aromatic ring is 1. The van der Waals surface area contributed by atoms with Crippen LogP contribution in [0.15, 0.2) is 42.5 Å². The molecule has 0 aromatic heterocycles. The summed E-state index contributed by atoms with van der Waals surface area (Å²) in [5, 5.41) is 16.5. The summed E-state index contributed by atoms with van der Waals surface area (Å²) in [6.07, 6.45) is 0. The van der Waals surface area contributed by atoms with Crippen LogP contribution < -0.4 is 15.2 Å². The van der Waals surface area contributed by atoms with Gasteiger partial charge in [0.2, 0.25) is 0 Å². The molecule has 0 aliphatic rings. The molecule has 0 spiro atoms. The van der Waals surface area contributed by atoms with E-state index in [0.29, 0.717) is 17.9 Å². The molecular weight excluding hydrogens is 268 g/mol. The summed E-state index contributed by atoms with van der Waals surface area (Å²) in [4.78, 5) is 0. The molecule has 0 atom stereocenters. The molecule has 2 aromatic carbocycles. The Balaban J connectivity index is 2.07. The third-order valence-corrected chi connectivity index (χ3v) is 3.07. The largest absolute Gasteiger partial charge is 0.496 e. The maximum Gasteiger partial charge on any atom is 0.130 e. The molecule has 5 nitrogen and oxygen atoms in total. The van der Waals surface area contributed by atoms with Crippen molar-refractivity contribution in [1.29, 1.82) is 5.41 Å². The number of hydrogen-bond acceptors (Lipinski definition) is 4. The van der Waals surface area contributed by atoms with Gasteiger partial charge < -0.3 is 20.3 Å². The van der Waals surface area contributed by atoms with Crippen molar-refractivity contribution in [1.82, 2.24) is 0 Å². The van der Waals surface area contributed by atoms with Gasteiger partial charge in [0.1, 0.15) is 23.9 Å². The predicted octanol–water partition coefficient (Wildman–Crippen LogP) is 2.05. The molecule has 0 bridgehead atoms. The van der Waals surface area contributed by atoms with Gasteiger partial charge in [0.05, 0.1) is 19.3 Å². The number of amidine groups is 1. The van der Waals surface area contributed by atoms with E-state index in [0.717, 1.165) is 16.9 Å². The first kappa shape index (κ1) is 14.9. The van der Waals surface area contributed by atoms with Crippen LogP contribution in [0.3, 0.4) is 0 Å². The Bertz CT molecular complexity index is 624. The van der Waals surface area contributed by atoms with E-state index in [2.05, 4.69) is 0 Å². The van der Waals surface area contributed by atoms with Gasteiger partial charge in [0.25, 0.3) is 0 Å². The summed E-state index contributed by atoms with van der Waals surface area (Å²) in [7, 11) is 1.54. The van der Waals surface area contributed by atoms with E-state index in [1.807, 2.05) is 30.3 Å². The van der Waals surface area contributed by atoms with Crippen molar-refractivity contribution in [2.75, 3.05) is 7.11 Å². The summed E-state index contributed by atoms with van der Waals surface area (Å²) in [5.74, 6) is 1.25. The lowest BCUT2D eigenvalue weighted by atomic mass is 10.1. The number of benzene rings is 2. The number of hydrogen-bond donors (Lipinski definition) is 3. The Hall–Kier alpha value is -2.53. The SMILES string of the molecule is COc1cc(COc2ccc(CO)cc2)ccc1C(=N)N. The van der Waals surface area contributed by atoms with Crippen molar-refractivity contribution in [3.05, 3.63) is 59.2 Å². The summed E-state index contributed by atoms with van der Waals surface area (Å²) in [5.41, 5.74) is 7.81. The van der Waals surface area contributed by atoms with Gasteiger partial charge in [-0.1, -0.05) is 18.2 Å². The van der Waals surface area contributed by atoms with Crippen LogP contribution in [0.2, 0.25) is 0 Å². The molecule has 5 heteroatoms. The number of ether oxygens (including phenoxy) is 2. The predicted molar refractivity (Wildman–Crippen MR) is 80.7 cm³/mol. The average molecular weight is 286 g/mol. The highest BCUT2D eigenvalue weighted by molar-refractivity contribution is 5.97. The molecule has 0 fully saturated rings. The van der Waals surface area contributed by atoms with E-state index >= 15 is 0 Å². The van der Waals surface area contributed by atoms with Crippen LogP contribution in [0.4, 0.5) is 0 Å². The second-order valence-corrected chi connectivity index (χ2v) is 4.54. The van der Waals surface area contributed by atoms with E-state index in [4.69, 9.17) is 25.7 Å². The minimum atomic E-state index is -0.0288. The van der Waals surface area contributed by atoms with Crippen LogP contribution in [0.5, 0.6) is 11.5 Å². The molecule has 0 aliphatic heterocycles. The Kier molecular flexibility index (Phi) is 4.79. The average Bonchev–Trinajstić information content (AvgIpc) is 2.52. The zero-order valence-corrected chi connectivity index (χ0v) is 11.8. The van der Waals surface area contributed by atoms with Crippen LogP contribution in [-0.4, -0.2) is 18.1 Å². The van der Waals surface area contributed by atoms with Gasteiger partial charge >= 0.3 is 0 Å². The standard InChI is InChI=1S/C16H18N2O3/c1-20-15-8-12(4-7-14(15)16(17)18)10-21-13-5-2-11(9-19)3-6-13/h2-8,19H,9-10H2,1H3,(H3,17,18). The fourth-order valence-electron chi connectivity index (χ4n) is 1.91. The number of methoxy groups -OCH3 is 1. The summed E-state index contributed by atoms with van der Waals surface area (Å²) >= 11 is 0. The number of nitrogens with two attached hydrogens (primary N) is 1. The van der Waals surface area contributed by atoms with E-state index in [-0.39, 0.29) is 12.4 Å². The van der Waals surface area contributed by atoms with Gasteiger partial charge in [-0.05, 0) is 35.4 Å². The van der Waals surface area contributed by atoms with Crippen LogP contribution in [0.25, 0.3) is 0 Å². The number of aliphatic hydroxyl groups is 1. The Labute approximate surface area is 123 Å². The van der Waals surface area contributed by atoms with Gasteiger partial charge in [-0.15, -0.1) is 0 Å². The molecule has 2 aromatic rings. The maximum atomic E-state index is 8.98. The Morgan fingerprint density at radius 2 is 1.81 bits per heavy atom. The molecule has 21 heavy (non-hydrogen) atoms. The highest BCUT2D eigenvalue weighted by Gasteiger charge is 2.07. The Morgan fingerprint density at radius 3 is 2.38 bits per heavy atom. The molecular formula is C16H18N2O3. The lowest BCUT2D eigenvalue weighted by molar-refractivity contribution is 0.280. The maximum absolute atomic E-state index is 8.98. The molecule has 0 heterocycles. The summed E-state index contributed by atoms with van der Waals surface area (Å²) < 4.78 is 10.9. The minimum Gasteiger partial charge on any atom is -0.496 e. The quantitative estimate of drug-likeness (QED) is 0.560. The van der Waals surface area contributed by atoms with E-state index < -0.39 is 0 Å². The highest BCUT2D eigenvalue weighted by atomic mass is 16.5. The van der Waals surface area contributed by atoms with Crippen molar-refractivity contribution in [2.24, 2.45) is 5.73 Å². The smallest absolute Gasteiger partial charge is 0.130 e. The van der Waals surface area contributed by atoms with E-state index in [1.54, 1.807) is 19.2 Å². The molecule has 0 saturated heterocycles. The van der Waals surface area contributed by atoms with Crippen molar-refractivity contribution >= 4 is 5.84 Å². The minimum absolute atomic E-state index is 0.0178. The van der Waals surface area contributed by atoms with Crippen LogP contribution in [-0.2, 0) is 13.2 Å².